The van der Waals surface area contributed by atoms with Crippen molar-refractivity contribution in [1.29, 1.82) is 0 Å². The summed E-state index contributed by atoms with van der Waals surface area (Å²) in [5, 5.41) is 4.41. The highest BCUT2D eigenvalue weighted by Gasteiger charge is 2.35. The highest BCUT2D eigenvalue weighted by atomic mass is 35.5. The highest BCUT2D eigenvalue weighted by molar-refractivity contribution is 6.35. The minimum atomic E-state index is -4.52. The monoisotopic (exact) mass is 311 g/mol. The number of aromatic nitrogens is 3. The molecule has 0 amide bonds. The van der Waals surface area contributed by atoms with Crippen molar-refractivity contribution < 1.29 is 13.2 Å². The van der Waals surface area contributed by atoms with Crippen LogP contribution in [0, 0.1) is 0 Å². The van der Waals surface area contributed by atoms with Crippen molar-refractivity contribution in [3.63, 3.8) is 0 Å². The Bertz CT molecular complexity index is 824. The van der Waals surface area contributed by atoms with Crippen LogP contribution in [-0.4, -0.2) is 14.8 Å². The molecule has 0 aliphatic rings. The number of rotatable bonds is 1. The second-order valence-corrected chi connectivity index (χ2v) is 5.00. The number of pyridine rings is 1. The fraction of sp³-hybridized carbons (Fsp3) is 0.143. The number of alkyl halides is 3. The third-order valence-electron chi connectivity index (χ3n) is 3.09. The van der Waals surface area contributed by atoms with Gasteiger partial charge >= 0.3 is 6.18 Å². The van der Waals surface area contributed by atoms with Gasteiger partial charge in [0.15, 0.2) is 0 Å². The number of fused-ring (bicyclic) bond motifs is 1. The molecule has 0 atom stereocenters. The van der Waals surface area contributed by atoms with E-state index in [0.717, 1.165) is 6.07 Å². The predicted octanol–water partition coefficient (Wildman–Crippen LogP) is 4.31. The van der Waals surface area contributed by atoms with Crippen molar-refractivity contribution in [1.82, 2.24) is 14.8 Å². The Morgan fingerprint density at radius 3 is 2.62 bits per heavy atom. The molecule has 0 aliphatic carbocycles. The van der Waals surface area contributed by atoms with Crippen molar-refractivity contribution in [2.24, 2.45) is 7.05 Å². The minimum Gasteiger partial charge on any atom is -0.275 e. The second kappa shape index (κ2) is 4.73. The topological polar surface area (TPSA) is 30.7 Å². The summed E-state index contributed by atoms with van der Waals surface area (Å²) in [5.74, 6) is 0. The molecule has 0 bridgehead atoms. The van der Waals surface area contributed by atoms with Gasteiger partial charge in [-0.05, 0) is 18.2 Å². The lowest BCUT2D eigenvalue weighted by molar-refractivity contribution is -0.137. The fourth-order valence-electron chi connectivity index (χ4n) is 2.14. The lowest BCUT2D eigenvalue weighted by Gasteiger charge is -2.13. The maximum atomic E-state index is 13.3. The van der Waals surface area contributed by atoms with Crippen LogP contribution in [0.4, 0.5) is 13.2 Å². The normalized spacial score (nSPS) is 12.0. The van der Waals surface area contributed by atoms with Crippen LogP contribution in [0.15, 0.2) is 36.7 Å². The quantitative estimate of drug-likeness (QED) is 0.670. The first-order chi connectivity index (χ1) is 9.86. The van der Waals surface area contributed by atoms with Gasteiger partial charge in [0, 0.05) is 29.2 Å². The molecule has 3 nitrogen and oxygen atoms in total. The lowest BCUT2D eigenvalue weighted by Crippen LogP contribution is -2.08. The van der Waals surface area contributed by atoms with Crippen molar-refractivity contribution in [2.75, 3.05) is 0 Å². The highest BCUT2D eigenvalue weighted by Crippen LogP contribution is 2.38. The third kappa shape index (κ3) is 2.47. The smallest absolute Gasteiger partial charge is 0.275 e. The zero-order valence-electron chi connectivity index (χ0n) is 10.8. The van der Waals surface area contributed by atoms with Crippen LogP contribution in [-0.2, 0) is 13.2 Å². The van der Waals surface area contributed by atoms with Crippen LogP contribution in [0.2, 0.25) is 5.02 Å². The molecule has 3 aromatic rings. The standard InChI is InChI=1S/C14H9ClF3N3/c1-21-7-8(6-19-21)13-10(14(16,17)18)5-9-11(15)3-2-4-12(9)20-13/h2-7H,1H3. The second-order valence-electron chi connectivity index (χ2n) is 4.59. The van der Waals surface area contributed by atoms with Crippen molar-refractivity contribution in [2.45, 2.75) is 6.18 Å². The Morgan fingerprint density at radius 2 is 2.00 bits per heavy atom. The third-order valence-corrected chi connectivity index (χ3v) is 3.42. The summed E-state index contributed by atoms with van der Waals surface area (Å²) >= 11 is 5.96. The predicted molar refractivity (Wildman–Crippen MR) is 74.0 cm³/mol. The van der Waals surface area contributed by atoms with E-state index in [9.17, 15) is 13.2 Å². The number of hydrogen-bond donors (Lipinski definition) is 0. The van der Waals surface area contributed by atoms with Crippen molar-refractivity contribution in [3.8, 4) is 11.3 Å². The van der Waals surface area contributed by atoms with Crippen LogP contribution in [0.25, 0.3) is 22.2 Å². The van der Waals surface area contributed by atoms with Gasteiger partial charge in [0.25, 0.3) is 0 Å². The van der Waals surface area contributed by atoms with E-state index in [0.29, 0.717) is 11.1 Å². The van der Waals surface area contributed by atoms with E-state index in [1.807, 2.05) is 0 Å². The molecule has 0 saturated carbocycles. The SMILES string of the molecule is Cn1cc(-c2nc3cccc(Cl)c3cc2C(F)(F)F)cn1. The molecule has 108 valence electrons. The van der Waals surface area contributed by atoms with E-state index >= 15 is 0 Å². The first kappa shape index (κ1) is 13.9. The summed E-state index contributed by atoms with van der Waals surface area (Å²) in [7, 11) is 1.63. The molecule has 0 unspecified atom stereocenters. The summed E-state index contributed by atoms with van der Waals surface area (Å²) in [6.07, 6.45) is -1.67. The van der Waals surface area contributed by atoms with Gasteiger partial charge in [0.05, 0.1) is 23.0 Å². The Hall–Kier alpha value is -2.08. The van der Waals surface area contributed by atoms with E-state index in [-0.39, 0.29) is 16.1 Å². The van der Waals surface area contributed by atoms with Crippen LogP contribution < -0.4 is 0 Å². The first-order valence-electron chi connectivity index (χ1n) is 6.02. The van der Waals surface area contributed by atoms with Gasteiger partial charge in [0.2, 0.25) is 0 Å². The lowest BCUT2D eigenvalue weighted by atomic mass is 10.1. The van der Waals surface area contributed by atoms with Gasteiger partial charge in [-0.15, -0.1) is 0 Å². The summed E-state index contributed by atoms with van der Waals surface area (Å²) in [5.41, 5.74) is -0.248. The molecule has 1 aromatic carbocycles. The molecule has 3 rings (SSSR count). The Labute approximate surface area is 123 Å². The van der Waals surface area contributed by atoms with Gasteiger partial charge < -0.3 is 0 Å². The van der Waals surface area contributed by atoms with E-state index in [4.69, 9.17) is 11.6 Å². The van der Waals surface area contributed by atoms with Gasteiger partial charge in [-0.2, -0.15) is 18.3 Å². The first-order valence-corrected chi connectivity index (χ1v) is 6.39. The van der Waals surface area contributed by atoms with Gasteiger partial charge in [0.1, 0.15) is 0 Å². The zero-order valence-corrected chi connectivity index (χ0v) is 11.6. The molecular weight excluding hydrogens is 303 g/mol. The fourth-order valence-corrected chi connectivity index (χ4v) is 2.36. The summed E-state index contributed by atoms with van der Waals surface area (Å²) < 4.78 is 41.3. The Kier molecular flexibility index (Phi) is 3.13. The van der Waals surface area contributed by atoms with Crippen molar-refractivity contribution >= 4 is 22.5 Å². The summed E-state index contributed by atoms with van der Waals surface area (Å²) in [6.45, 7) is 0. The minimum absolute atomic E-state index is 0.148. The summed E-state index contributed by atoms with van der Waals surface area (Å²) in [6, 6.07) is 5.85. The van der Waals surface area contributed by atoms with E-state index in [1.165, 1.54) is 23.1 Å². The molecule has 0 spiro atoms. The molecule has 2 aromatic heterocycles. The van der Waals surface area contributed by atoms with Crippen LogP contribution >= 0.6 is 11.6 Å². The molecule has 0 N–H and O–H groups in total. The summed E-state index contributed by atoms with van der Waals surface area (Å²) in [4.78, 5) is 4.13. The molecule has 0 radical (unpaired) electrons. The number of halogens is 4. The van der Waals surface area contributed by atoms with Gasteiger partial charge in [-0.25, -0.2) is 4.98 Å². The van der Waals surface area contributed by atoms with E-state index in [1.54, 1.807) is 19.2 Å². The molecule has 0 saturated heterocycles. The maximum absolute atomic E-state index is 13.3. The Morgan fingerprint density at radius 1 is 1.24 bits per heavy atom. The van der Waals surface area contributed by atoms with Crippen LogP contribution in [0.1, 0.15) is 5.56 Å². The number of benzene rings is 1. The maximum Gasteiger partial charge on any atom is 0.418 e. The van der Waals surface area contributed by atoms with Crippen molar-refractivity contribution in [3.05, 3.63) is 47.2 Å². The van der Waals surface area contributed by atoms with Crippen LogP contribution in [0.3, 0.4) is 0 Å². The molecule has 0 fully saturated rings. The average Bonchev–Trinajstić information content (AvgIpc) is 2.83. The van der Waals surface area contributed by atoms with Gasteiger partial charge in [-0.1, -0.05) is 17.7 Å². The van der Waals surface area contributed by atoms with Crippen LogP contribution in [0.5, 0.6) is 0 Å². The van der Waals surface area contributed by atoms with E-state index < -0.39 is 11.7 Å². The number of hydrogen-bond acceptors (Lipinski definition) is 2. The molecule has 7 heteroatoms. The molecular formula is C14H9ClF3N3. The molecule has 21 heavy (non-hydrogen) atoms. The molecule has 0 aliphatic heterocycles. The zero-order chi connectivity index (χ0) is 15.2. The Balaban J connectivity index is 2.36. The average molecular weight is 312 g/mol. The van der Waals surface area contributed by atoms with Gasteiger partial charge in [-0.3, -0.25) is 4.68 Å². The van der Waals surface area contributed by atoms with E-state index in [2.05, 4.69) is 10.1 Å². The molecule has 2 heterocycles. The number of aryl methyl sites for hydroxylation is 1. The number of nitrogens with zero attached hydrogens (tertiary/aromatic N) is 3. The largest absolute Gasteiger partial charge is 0.418 e.